The molecular weight excluding hydrogens is 343 g/mol. The summed E-state index contributed by atoms with van der Waals surface area (Å²) in [5, 5.41) is 0. The standard InChI is InChI=1S/C10H20O.C10H20.CH8OPSi/c1-3-4-5-6-7-8-9-10(2)11;1-3-5-7-9-10-8-6-4-2;1-2-3-4/h3-9H2,1-2H3;3H,1,4-10H2,2H3;3H2,1,4H3/q;;+1. The average molecular weight is 392 g/mol. The molecule has 0 aliphatic rings. The van der Waals surface area contributed by atoms with E-state index >= 15 is 0 Å². The Bertz CT molecular complexity index is 246. The summed E-state index contributed by atoms with van der Waals surface area (Å²) in [6.07, 6.45) is 20.0. The number of unbranched alkanes of at least 4 members (excludes halogenated alkanes) is 11. The van der Waals surface area contributed by atoms with Gasteiger partial charge in [0.15, 0.2) is 0 Å². The van der Waals surface area contributed by atoms with Gasteiger partial charge in [0.1, 0.15) is 5.78 Å². The van der Waals surface area contributed by atoms with Gasteiger partial charge in [0.2, 0.25) is 9.91 Å². The molecule has 0 bridgehead atoms. The monoisotopic (exact) mass is 391 g/mol. The van der Waals surface area contributed by atoms with Crippen LogP contribution in [0.2, 0.25) is 0 Å². The summed E-state index contributed by atoms with van der Waals surface area (Å²) < 4.78 is 4.69. The average Bonchev–Trinajstić information content (AvgIpc) is 2.61. The van der Waals surface area contributed by atoms with Gasteiger partial charge in [-0.2, -0.15) is 0 Å². The number of carbonyl (C=O) groups excluding carboxylic acids is 1. The molecule has 0 spiro atoms. The Kier molecular flexibility index (Phi) is 37.8. The van der Waals surface area contributed by atoms with Crippen molar-refractivity contribution in [1.29, 1.82) is 0 Å². The highest BCUT2D eigenvalue weighted by molar-refractivity contribution is 7.62. The van der Waals surface area contributed by atoms with Gasteiger partial charge in [0, 0.05) is 6.42 Å². The lowest BCUT2D eigenvalue weighted by Crippen LogP contribution is -1.88. The molecule has 0 radical (unpaired) electrons. The minimum atomic E-state index is 0.334. The van der Waals surface area contributed by atoms with Crippen molar-refractivity contribution in [3.63, 3.8) is 0 Å². The quantitative estimate of drug-likeness (QED) is 0.138. The predicted octanol–water partition coefficient (Wildman–Crippen LogP) is 6.49. The van der Waals surface area contributed by atoms with Crippen LogP contribution in [0.5, 0.6) is 0 Å². The molecule has 0 aromatic heterocycles. The molecule has 0 saturated heterocycles. The van der Waals surface area contributed by atoms with Gasteiger partial charge in [-0.25, -0.2) is 0 Å². The van der Waals surface area contributed by atoms with E-state index in [0.717, 1.165) is 12.8 Å². The van der Waals surface area contributed by atoms with Crippen LogP contribution in [0.1, 0.15) is 111 Å². The van der Waals surface area contributed by atoms with E-state index in [1.165, 1.54) is 87.0 Å². The van der Waals surface area contributed by atoms with E-state index in [1.54, 1.807) is 14.0 Å². The molecule has 1 unspecified atom stereocenters. The second kappa shape index (κ2) is 31.8. The number of rotatable bonds is 15. The number of hydrogen-bond donors (Lipinski definition) is 0. The van der Waals surface area contributed by atoms with E-state index < -0.39 is 0 Å². The lowest BCUT2D eigenvalue weighted by Gasteiger charge is -1.97. The molecule has 0 aliphatic carbocycles. The third kappa shape index (κ3) is 45.4. The van der Waals surface area contributed by atoms with Crippen LogP contribution in [0.15, 0.2) is 12.7 Å². The molecule has 0 aromatic rings. The maximum Gasteiger partial charge on any atom is 0.211 e. The lowest BCUT2D eigenvalue weighted by molar-refractivity contribution is -0.117. The normalized spacial score (nSPS) is 10.1. The molecule has 0 aromatic carbocycles. The fourth-order valence-corrected chi connectivity index (χ4v) is 2.22. The third-order valence-corrected chi connectivity index (χ3v) is 5.77. The molecule has 4 heteroatoms. The SMILES string of the molecule is C=CCCCCCCCC.CCCCCCCCC(C)=O.CO[PH2+][SiH3]. The van der Waals surface area contributed by atoms with Crippen LogP contribution in [-0.2, 0) is 9.32 Å². The second-order valence-corrected chi connectivity index (χ2v) is 8.89. The summed E-state index contributed by atoms with van der Waals surface area (Å²) in [5.74, 6) is 0.334. The number of allylic oxidation sites excluding steroid dienone is 1. The first-order valence-electron chi connectivity index (χ1n) is 10.5. The molecule has 0 heterocycles. The molecule has 0 aliphatic heterocycles. The Morgan fingerprint density at radius 3 is 1.68 bits per heavy atom. The predicted molar refractivity (Wildman–Crippen MR) is 124 cm³/mol. The van der Waals surface area contributed by atoms with Crippen LogP contribution < -0.4 is 0 Å². The fraction of sp³-hybridized carbons (Fsp3) is 0.857. The Labute approximate surface area is 164 Å². The molecule has 152 valence electrons. The van der Waals surface area contributed by atoms with Gasteiger partial charge in [-0.3, -0.25) is 4.52 Å². The smallest absolute Gasteiger partial charge is 0.211 e. The van der Waals surface area contributed by atoms with Crippen LogP contribution in [-0.4, -0.2) is 22.8 Å². The lowest BCUT2D eigenvalue weighted by atomic mass is 10.1. The van der Waals surface area contributed by atoms with E-state index in [9.17, 15) is 4.79 Å². The first kappa shape index (κ1) is 29.8. The topological polar surface area (TPSA) is 26.3 Å². The van der Waals surface area contributed by atoms with Crippen molar-refractivity contribution in [2.24, 2.45) is 0 Å². The first-order valence-corrected chi connectivity index (χ1v) is 15.6. The number of carbonyl (C=O) groups is 1. The summed E-state index contributed by atoms with van der Waals surface area (Å²) in [5.41, 5.74) is 0. The van der Waals surface area contributed by atoms with E-state index in [2.05, 4.69) is 25.0 Å². The minimum absolute atomic E-state index is 0.334. The fourth-order valence-electron chi connectivity index (χ4n) is 2.22. The van der Waals surface area contributed by atoms with Crippen LogP contribution in [0.4, 0.5) is 0 Å². The molecule has 25 heavy (non-hydrogen) atoms. The van der Waals surface area contributed by atoms with Crippen molar-refractivity contribution in [3.05, 3.63) is 12.7 Å². The molecule has 0 N–H and O–H groups in total. The molecule has 0 amide bonds. The Balaban J connectivity index is -0.000000321. The highest BCUT2D eigenvalue weighted by Gasteiger charge is 1.93. The van der Waals surface area contributed by atoms with E-state index in [4.69, 9.17) is 0 Å². The van der Waals surface area contributed by atoms with Crippen LogP contribution in [0.3, 0.4) is 0 Å². The van der Waals surface area contributed by atoms with Gasteiger partial charge in [-0.05, 0) is 26.2 Å². The largest absolute Gasteiger partial charge is 0.300 e. The summed E-state index contributed by atoms with van der Waals surface area (Å²) in [7, 11) is 3.42. The van der Waals surface area contributed by atoms with Gasteiger partial charge in [0.05, 0.1) is 15.5 Å². The highest BCUT2D eigenvalue weighted by Crippen LogP contribution is 2.07. The zero-order chi connectivity index (χ0) is 19.6. The van der Waals surface area contributed by atoms with Gasteiger partial charge >= 0.3 is 0 Å². The van der Waals surface area contributed by atoms with Crippen LogP contribution >= 0.6 is 8.36 Å². The van der Waals surface area contributed by atoms with Crippen molar-refractivity contribution in [2.75, 3.05) is 7.11 Å². The second-order valence-electron chi connectivity index (χ2n) is 6.54. The molecule has 0 saturated carbocycles. The summed E-state index contributed by atoms with van der Waals surface area (Å²) in [6.45, 7) is 9.84. The van der Waals surface area contributed by atoms with Crippen molar-refractivity contribution in [1.82, 2.24) is 0 Å². The third-order valence-electron chi connectivity index (χ3n) is 3.88. The van der Waals surface area contributed by atoms with E-state index in [0.29, 0.717) is 14.1 Å². The molecule has 2 nitrogen and oxygen atoms in total. The van der Waals surface area contributed by atoms with E-state index in [1.807, 2.05) is 6.08 Å². The van der Waals surface area contributed by atoms with Gasteiger partial charge in [-0.15, -0.1) is 6.58 Å². The van der Waals surface area contributed by atoms with Gasteiger partial charge in [-0.1, -0.05) is 84.1 Å². The Morgan fingerprint density at radius 2 is 1.32 bits per heavy atom. The van der Waals surface area contributed by atoms with Crippen molar-refractivity contribution in [3.8, 4) is 0 Å². The van der Waals surface area contributed by atoms with Crippen molar-refractivity contribution < 1.29 is 9.32 Å². The van der Waals surface area contributed by atoms with Crippen molar-refractivity contribution >= 4 is 24.0 Å². The van der Waals surface area contributed by atoms with Crippen LogP contribution in [0.25, 0.3) is 0 Å². The molecule has 1 atom stereocenters. The zero-order valence-electron chi connectivity index (χ0n) is 18.1. The molecular formula is C21H48O2PSi+. The Morgan fingerprint density at radius 1 is 0.920 bits per heavy atom. The summed E-state index contributed by atoms with van der Waals surface area (Å²) in [4.78, 5) is 10.5. The zero-order valence-corrected chi connectivity index (χ0v) is 21.2. The number of hydrogen-bond acceptors (Lipinski definition) is 2. The molecule has 0 rings (SSSR count). The number of ketones is 1. The first-order chi connectivity index (χ1) is 12.1. The Hall–Kier alpha value is 0.0169. The summed E-state index contributed by atoms with van der Waals surface area (Å²) in [6, 6.07) is 0. The maximum atomic E-state index is 10.5. The van der Waals surface area contributed by atoms with Crippen LogP contribution in [0, 0.1) is 0 Å². The van der Waals surface area contributed by atoms with Gasteiger partial charge < -0.3 is 4.79 Å². The van der Waals surface area contributed by atoms with Gasteiger partial charge in [0.25, 0.3) is 0 Å². The van der Waals surface area contributed by atoms with E-state index in [-0.39, 0.29) is 0 Å². The van der Waals surface area contributed by atoms with Crippen molar-refractivity contribution in [2.45, 2.75) is 111 Å². The summed E-state index contributed by atoms with van der Waals surface area (Å²) >= 11 is 0. The molecule has 0 fully saturated rings. The minimum Gasteiger partial charge on any atom is -0.300 e. The maximum absolute atomic E-state index is 10.5. The number of Topliss-reactive ketones (excluding diaryl/α,β-unsaturated/α-hetero) is 1. The highest BCUT2D eigenvalue weighted by atomic mass is 31.3.